The van der Waals surface area contributed by atoms with Crippen LogP contribution >= 0.6 is 0 Å². The van der Waals surface area contributed by atoms with Crippen LogP contribution in [0.25, 0.3) is 0 Å². The van der Waals surface area contributed by atoms with Gasteiger partial charge in [0.05, 0.1) is 27.8 Å². The van der Waals surface area contributed by atoms with Gasteiger partial charge in [0.1, 0.15) is 5.60 Å². The Labute approximate surface area is 145 Å². The Morgan fingerprint density at radius 1 is 1.00 bits per heavy atom. The molecule has 1 N–H and O–H groups in total. The summed E-state index contributed by atoms with van der Waals surface area (Å²) >= 11 is 0. The Hall–Kier alpha value is -0.396. The van der Waals surface area contributed by atoms with Crippen LogP contribution in [0.5, 0.6) is 0 Å². The summed E-state index contributed by atoms with van der Waals surface area (Å²) in [7, 11) is -3.68. The van der Waals surface area contributed by atoms with Crippen molar-refractivity contribution in [2.75, 3.05) is 0 Å². The maximum absolute atomic E-state index is 12.4. The molecule has 0 aromatic rings. The number of ether oxygens (including phenoxy) is 1. The van der Waals surface area contributed by atoms with E-state index >= 15 is 0 Å². The Balaban J connectivity index is 5.75. The summed E-state index contributed by atoms with van der Waals surface area (Å²) in [4.78, 5) is 12.4. The van der Waals surface area contributed by atoms with Crippen LogP contribution in [0, 0.1) is 0 Å². The van der Waals surface area contributed by atoms with Crippen LogP contribution in [0.2, 0.25) is 37.8 Å². The molecule has 0 aliphatic heterocycles. The van der Waals surface area contributed by atoms with E-state index in [9.17, 15) is 9.90 Å². The summed E-state index contributed by atoms with van der Waals surface area (Å²) in [6, 6.07) is 0. The third-order valence-corrected chi connectivity index (χ3v) is 12.1. The van der Waals surface area contributed by atoms with Gasteiger partial charge in [0, 0.05) is 0 Å². The highest BCUT2D eigenvalue weighted by Crippen LogP contribution is 2.45. The first kappa shape index (κ1) is 22.6. The van der Waals surface area contributed by atoms with E-state index in [0.29, 0.717) is 0 Å². The topological polar surface area (TPSA) is 46.5 Å². The predicted molar refractivity (Wildman–Crippen MR) is 105 cm³/mol. The Bertz CT molecular complexity index is 448. The van der Waals surface area contributed by atoms with Gasteiger partial charge in [-0.15, -0.1) is 0 Å². The monoisotopic (exact) mass is 358 g/mol. The quantitative estimate of drug-likeness (QED) is 0.560. The van der Waals surface area contributed by atoms with E-state index in [2.05, 4.69) is 59.2 Å². The minimum atomic E-state index is -2.21. The van der Waals surface area contributed by atoms with Gasteiger partial charge in [0.2, 0.25) is 0 Å². The molecule has 0 amide bonds. The van der Waals surface area contributed by atoms with Crippen LogP contribution in [-0.2, 0) is 9.53 Å². The Morgan fingerprint density at radius 2 is 1.43 bits per heavy atom. The molecule has 0 spiro atoms. The van der Waals surface area contributed by atoms with Gasteiger partial charge in [0.25, 0.3) is 0 Å². The molecule has 0 rings (SSSR count). The molecule has 0 saturated heterocycles. The molecule has 1 unspecified atom stereocenters. The van der Waals surface area contributed by atoms with Crippen LogP contribution in [-0.4, -0.2) is 38.0 Å². The first-order valence-electron chi connectivity index (χ1n) is 8.45. The molecule has 0 aliphatic carbocycles. The molecule has 0 radical (unpaired) electrons. The second-order valence-corrected chi connectivity index (χ2v) is 20.9. The van der Waals surface area contributed by atoms with Crippen LogP contribution in [0.4, 0.5) is 0 Å². The van der Waals surface area contributed by atoms with Crippen molar-refractivity contribution < 1.29 is 14.6 Å². The molecule has 23 heavy (non-hydrogen) atoms. The van der Waals surface area contributed by atoms with Crippen molar-refractivity contribution in [3.05, 3.63) is 11.8 Å². The van der Waals surface area contributed by atoms with E-state index in [1.54, 1.807) is 0 Å². The molecule has 0 aromatic carbocycles. The molecule has 0 aliphatic rings. The smallest absolute Gasteiger partial charge is 0.309 e. The molecule has 1 atom stereocenters. The summed E-state index contributed by atoms with van der Waals surface area (Å²) in [6.45, 7) is 23.0. The van der Waals surface area contributed by atoms with E-state index in [1.165, 1.54) is 0 Å². The average molecular weight is 359 g/mol. The van der Waals surface area contributed by atoms with Crippen LogP contribution in [0.3, 0.4) is 0 Å². The molecule has 0 bridgehead atoms. The van der Waals surface area contributed by atoms with Gasteiger partial charge in [-0.1, -0.05) is 65.3 Å². The summed E-state index contributed by atoms with van der Waals surface area (Å²) in [5.74, 6) is -0.329. The van der Waals surface area contributed by atoms with E-state index in [4.69, 9.17) is 4.74 Å². The molecule has 0 saturated carbocycles. The summed E-state index contributed by atoms with van der Waals surface area (Å²) < 4.78 is 5.47. The number of hydrogen-bond donors (Lipinski definition) is 1. The lowest BCUT2D eigenvalue weighted by atomic mass is 10.2. The van der Waals surface area contributed by atoms with Gasteiger partial charge < -0.3 is 9.84 Å². The number of hydrogen-bond acceptors (Lipinski definition) is 3. The largest absolute Gasteiger partial charge is 0.460 e. The fraction of sp³-hybridized carbons (Fsp3) is 0.833. The van der Waals surface area contributed by atoms with Gasteiger partial charge in [-0.05, 0) is 25.8 Å². The number of carbonyl (C=O) groups excluding carboxylic acids is 1. The highest BCUT2D eigenvalue weighted by atomic mass is 28.3. The lowest BCUT2D eigenvalue weighted by Crippen LogP contribution is -2.60. The molecule has 0 heterocycles. The Kier molecular flexibility index (Phi) is 6.73. The van der Waals surface area contributed by atoms with E-state index in [-0.39, 0.29) is 17.4 Å². The van der Waals surface area contributed by atoms with Crippen molar-refractivity contribution in [3.63, 3.8) is 0 Å². The molecular weight excluding hydrogens is 320 g/mol. The lowest BCUT2D eigenvalue weighted by molar-refractivity contribution is -0.157. The summed E-state index contributed by atoms with van der Waals surface area (Å²) in [6.07, 6.45) is 1.95. The van der Waals surface area contributed by atoms with E-state index in [1.807, 2.05) is 26.8 Å². The van der Waals surface area contributed by atoms with Gasteiger partial charge in [-0.3, -0.25) is 4.79 Å². The third kappa shape index (κ3) is 6.93. The zero-order chi connectivity index (χ0) is 18.9. The van der Waals surface area contributed by atoms with Crippen molar-refractivity contribution in [1.29, 1.82) is 0 Å². The van der Waals surface area contributed by atoms with E-state index in [0.717, 1.165) is 0 Å². The summed E-state index contributed by atoms with van der Waals surface area (Å²) in [5.41, 5.74) is 1.62. The molecule has 136 valence electrons. The molecule has 0 fully saturated rings. The van der Waals surface area contributed by atoms with E-state index < -0.39 is 27.0 Å². The number of rotatable bonds is 5. The standard InChI is InChI=1S/C18H38O3Si2/c1-16(2,3)21-15(19)14-18(20,12-13-22(7,8)9)23(10,11)17(4,5)6/h12-13,20H,14H2,1-11H3/b13-12+. The van der Waals surface area contributed by atoms with Crippen molar-refractivity contribution in [2.24, 2.45) is 0 Å². The highest BCUT2D eigenvalue weighted by Gasteiger charge is 2.52. The predicted octanol–water partition coefficient (Wildman–Crippen LogP) is 4.93. The van der Waals surface area contributed by atoms with Crippen LogP contribution in [0.1, 0.15) is 48.0 Å². The fourth-order valence-corrected chi connectivity index (χ4v) is 5.45. The molecule has 0 aromatic heterocycles. The van der Waals surface area contributed by atoms with Crippen LogP contribution in [0.15, 0.2) is 11.8 Å². The average Bonchev–Trinajstić information content (AvgIpc) is 2.20. The lowest BCUT2D eigenvalue weighted by Gasteiger charge is -2.48. The number of carbonyl (C=O) groups is 1. The summed E-state index contributed by atoms with van der Waals surface area (Å²) in [5, 5.41) is 10.4. The number of esters is 1. The molecule has 5 heteroatoms. The normalized spacial score (nSPS) is 17.2. The Morgan fingerprint density at radius 3 is 1.74 bits per heavy atom. The molecule has 3 nitrogen and oxygen atoms in total. The first-order valence-corrected chi connectivity index (χ1v) is 15.0. The second kappa shape index (κ2) is 6.84. The second-order valence-electron chi connectivity index (χ2n) is 10.3. The first-order chi connectivity index (χ1) is 9.81. The zero-order valence-corrected chi connectivity index (χ0v) is 19.1. The van der Waals surface area contributed by atoms with Crippen molar-refractivity contribution in [1.82, 2.24) is 0 Å². The molecular formula is C18H38O3Si2. The third-order valence-electron chi connectivity index (χ3n) is 4.65. The van der Waals surface area contributed by atoms with Gasteiger partial charge in [0.15, 0.2) is 0 Å². The van der Waals surface area contributed by atoms with Gasteiger partial charge in [-0.2, -0.15) is 0 Å². The van der Waals surface area contributed by atoms with Gasteiger partial charge >= 0.3 is 5.97 Å². The highest BCUT2D eigenvalue weighted by molar-refractivity contribution is 6.84. The minimum absolute atomic E-state index is 0.0295. The van der Waals surface area contributed by atoms with Crippen molar-refractivity contribution in [3.8, 4) is 0 Å². The van der Waals surface area contributed by atoms with Gasteiger partial charge in [-0.25, -0.2) is 0 Å². The van der Waals surface area contributed by atoms with Crippen molar-refractivity contribution >= 4 is 22.1 Å². The number of aliphatic hydroxyl groups is 1. The maximum atomic E-state index is 12.4. The van der Waals surface area contributed by atoms with Crippen molar-refractivity contribution in [2.45, 2.75) is 96.6 Å². The minimum Gasteiger partial charge on any atom is -0.460 e. The SMILES string of the molecule is CC(C)(C)OC(=O)CC(O)(/C=C/[Si](C)(C)C)[Si](C)(C)C(C)(C)C. The van der Waals surface area contributed by atoms with Crippen LogP contribution < -0.4 is 0 Å². The fourth-order valence-electron chi connectivity index (χ4n) is 2.12. The zero-order valence-electron chi connectivity index (χ0n) is 17.1. The maximum Gasteiger partial charge on any atom is 0.309 e.